The first kappa shape index (κ1) is 17.3. The van der Waals surface area contributed by atoms with E-state index >= 15 is 0 Å². The van der Waals surface area contributed by atoms with E-state index in [1.165, 1.54) is 0 Å². The van der Waals surface area contributed by atoms with Crippen LogP contribution in [-0.4, -0.2) is 23.3 Å². The van der Waals surface area contributed by atoms with Gasteiger partial charge in [0.1, 0.15) is 5.84 Å². The monoisotopic (exact) mass is 311 g/mol. The summed E-state index contributed by atoms with van der Waals surface area (Å²) in [6.07, 6.45) is 4.41. The Labute approximate surface area is 139 Å². The van der Waals surface area contributed by atoms with Gasteiger partial charge in [-0.15, -0.1) is 0 Å². The number of piperidine rings is 1. The second-order valence-electron chi connectivity index (χ2n) is 6.76. The van der Waals surface area contributed by atoms with Gasteiger partial charge in [0.05, 0.1) is 24.2 Å². The Balaban J connectivity index is 2.66. The van der Waals surface area contributed by atoms with Gasteiger partial charge in [0.2, 0.25) is 0 Å². The molecule has 23 heavy (non-hydrogen) atoms. The van der Waals surface area contributed by atoms with Crippen LogP contribution in [0.5, 0.6) is 0 Å². The van der Waals surface area contributed by atoms with E-state index in [4.69, 9.17) is 5.41 Å². The maximum atomic E-state index is 10.0. The van der Waals surface area contributed by atoms with Gasteiger partial charge in [-0.1, -0.05) is 40.0 Å². The minimum atomic E-state index is -1.41. The summed E-state index contributed by atoms with van der Waals surface area (Å²) < 4.78 is 0. The van der Waals surface area contributed by atoms with Crippen LogP contribution in [0.3, 0.4) is 0 Å². The molecule has 122 valence electrons. The average molecular weight is 311 g/mol. The van der Waals surface area contributed by atoms with Crippen LogP contribution in [0, 0.1) is 62.1 Å². The topological polar surface area (TPSA) is 98.5 Å². The third-order valence-corrected chi connectivity index (χ3v) is 5.89. The fraction of sp³-hybridized carbons (Fsp3) is 0.778. The molecule has 3 unspecified atom stereocenters. The number of hydrogen-bond donors (Lipinski definition) is 1. The molecule has 1 N–H and O–H groups in total. The zero-order chi connectivity index (χ0) is 17.3. The van der Waals surface area contributed by atoms with Crippen molar-refractivity contribution in [2.75, 3.05) is 6.54 Å². The van der Waals surface area contributed by atoms with Gasteiger partial charge in [0, 0.05) is 6.54 Å². The van der Waals surface area contributed by atoms with E-state index < -0.39 is 10.8 Å². The van der Waals surface area contributed by atoms with Crippen molar-refractivity contribution in [3.8, 4) is 18.2 Å². The van der Waals surface area contributed by atoms with E-state index in [2.05, 4.69) is 39.0 Å². The van der Waals surface area contributed by atoms with Crippen molar-refractivity contribution in [1.82, 2.24) is 4.90 Å². The quantitative estimate of drug-likeness (QED) is 0.812. The van der Waals surface area contributed by atoms with E-state index in [1.807, 2.05) is 4.90 Å². The van der Waals surface area contributed by atoms with E-state index in [0.717, 1.165) is 32.1 Å². The van der Waals surface area contributed by atoms with Crippen LogP contribution in [-0.2, 0) is 0 Å². The molecule has 5 heteroatoms. The van der Waals surface area contributed by atoms with Crippen LogP contribution in [0.25, 0.3) is 0 Å². The van der Waals surface area contributed by atoms with Crippen molar-refractivity contribution in [3.63, 3.8) is 0 Å². The first-order valence-electron chi connectivity index (χ1n) is 8.65. The summed E-state index contributed by atoms with van der Waals surface area (Å²) in [4.78, 5) is 1.90. The highest BCUT2D eigenvalue weighted by Crippen LogP contribution is 2.67. The second kappa shape index (κ2) is 6.21. The van der Waals surface area contributed by atoms with E-state index in [-0.39, 0.29) is 23.7 Å². The zero-order valence-corrected chi connectivity index (χ0v) is 14.3. The molecule has 1 aliphatic carbocycles. The molecule has 1 aliphatic heterocycles. The molecule has 0 amide bonds. The maximum absolute atomic E-state index is 10.0. The number of likely N-dealkylation sites (tertiary alicyclic amines) is 1. The predicted octanol–water partition coefficient (Wildman–Crippen LogP) is 3.45. The number of nitriles is 3. The van der Waals surface area contributed by atoms with Crippen molar-refractivity contribution < 1.29 is 0 Å². The third-order valence-electron chi connectivity index (χ3n) is 5.89. The molecule has 2 fully saturated rings. The predicted molar refractivity (Wildman–Crippen MR) is 87.0 cm³/mol. The molecule has 0 aromatic carbocycles. The minimum Gasteiger partial charge on any atom is -0.353 e. The second-order valence-corrected chi connectivity index (χ2v) is 6.76. The van der Waals surface area contributed by atoms with Crippen LogP contribution in [0.15, 0.2) is 0 Å². The molecule has 0 radical (unpaired) electrons. The van der Waals surface area contributed by atoms with Crippen LogP contribution in [0.2, 0.25) is 0 Å². The zero-order valence-electron chi connectivity index (χ0n) is 14.3. The molecular formula is C18H25N5. The van der Waals surface area contributed by atoms with Gasteiger partial charge in [-0.25, -0.2) is 0 Å². The van der Waals surface area contributed by atoms with Crippen molar-refractivity contribution in [2.45, 2.75) is 58.9 Å². The van der Waals surface area contributed by atoms with E-state index in [9.17, 15) is 15.8 Å². The highest BCUT2D eigenvalue weighted by atomic mass is 15.3. The number of hydrogen-bond acceptors (Lipinski definition) is 4. The maximum Gasteiger partial charge on any atom is 0.189 e. The highest BCUT2D eigenvalue weighted by molar-refractivity contribution is 5.95. The summed E-state index contributed by atoms with van der Waals surface area (Å²) in [5, 5.41) is 38.5. The largest absolute Gasteiger partial charge is 0.353 e. The molecule has 0 aromatic rings. The van der Waals surface area contributed by atoms with Crippen LogP contribution in [0.4, 0.5) is 0 Å². The van der Waals surface area contributed by atoms with Gasteiger partial charge in [-0.05, 0) is 24.7 Å². The van der Waals surface area contributed by atoms with Gasteiger partial charge < -0.3 is 4.90 Å². The molecule has 0 spiro atoms. The summed E-state index contributed by atoms with van der Waals surface area (Å²) in [7, 11) is 0. The Bertz CT molecular complexity index is 590. The molecule has 1 heterocycles. The smallest absolute Gasteiger partial charge is 0.189 e. The highest BCUT2D eigenvalue weighted by Gasteiger charge is 2.79. The fourth-order valence-corrected chi connectivity index (χ4v) is 4.97. The Hall–Kier alpha value is -2.06. The number of nitrogens with one attached hydrogen (secondary N) is 1. The minimum absolute atomic E-state index is 0.0721. The number of fused-ring (bicyclic) bond motifs is 2. The van der Waals surface area contributed by atoms with Crippen LogP contribution >= 0.6 is 0 Å². The van der Waals surface area contributed by atoms with Crippen molar-refractivity contribution in [1.29, 1.82) is 21.2 Å². The van der Waals surface area contributed by atoms with E-state index in [0.29, 0.717) is 6.54 Å². The summed E-state index contributed by atoms with van der Waals surface area (Å²) in [5.74, 6) is 0.265. The molecule has 5 nitrogen and oxygen atoms in total. The molecule has 1 saturated carbocycles. The van der Waals surface area contributed by atoms with Gasteiger partial charge in [-0.2, -0.15) is 15.8 Å². The number of rotatable bonds is 6. The number of unbranched alkanes of at least 4 members (excludes halogenated alkanes) is 1. The van der Waals surface area contributed by atoms with Crippen molar-refractivity contribution in [2.24, 2.45) is 22.7 Å². The van der Waals surface area contributed by atoms with Crippen molar-refractivity contribution >= 4 is 5.84 Å². The summed E-state index contributed by atoms with van der Waals surface area (Å²) in [6.45, 7) is 6.86. The normalized spacial score (nSPS) is 34.0. The first-order chi connectivity index (χ1) is 11.1. The molecule has 1 saturated heterocycles. The molecule has 2 aliphatic rings. The number of amidine groups is 1. The van der Waals surface area contributed by atoms with Crippen LogP contribution in [0.1, 0.15) is 52.9 Å². The van der Waals surface area contributed by atoms with Gasteiger partial charge in [0.25, 0.3) is 0 Å². The molecule has 2 bridgehead atoms. The SMILES string of the molecule is CCCCN1C(=N)C2(C#N)[C@@H](CCC)C(CC)C1C2(C#N)C#N. The Morgan fingerprint density at radius 3 is 2.17 bits per heavy atom. The standard InChI is InChI=1S/C18H25N5/c1-4-7-9-23-15-13(6-3)14(8-5-2)18(12-21,16(23)22)17(15,10-19)11-20/h13-15,22H,4-9H2,1-3H3/t13?,14-,15?,18?/m0/s1. The van der Waals surface area contributed by atoms with Gasteiger partial charge in [-0.3, -0.25) is 5.41 Å². The van der Waals surface area contributed by atoms with Gasteiger partial charge in [0.15, 0.2) is 10.8 Å². The average Bonchev–Trinajstić information content (AvgIpc) is 2.93. The lowest BCUT2D eigenvalue weighted by Gasteiger charge is -2.41. The van der Waals surface area contributed by atoms with Crippen molar-refractivity contribution in [3.05, 3.63) is 0 Å². The number of nitrogens with zero attached hydrogens (tertiary/aromatic N) is 4. The lowest BCUT2D eigenvalue weighted by Crippen LogP contribution is -2.50. The Kier molecular flexibility index (Phi) is 4.67. The molecule has 0 aromatic heterocycles. The fourth-order valence-electron chi connectivity index (χ4n) is 4.97. The summed E-state index contributed by atoms with van der Waals surface area (Å²) >= 11 is 0. The summed E-state index contributed by atoms with van der Waals surface area (Å²) in [6, 6.07) is 6.39. The third kappa shape index (κ3) is 1.85. The molecular weight excluding hydrogens is 286 g/mol. The Morgan fingerprint density at radius 2 is 1.74 bits per heavy atom. The van der Waals surface area contributed by atoms with Crippen LogP contribution < -0.4 is 0 Å². The summed E-state index contributed by atoms with van der Waals surface area (Å²) in [5.41, 5.74) is -2.68. The molecule has 2 rings (SSSR count). The van der Waals surface area contributed by atoms with E-state index in [1.54, 1.807) is 0 Å². The lowest BCUT2D eigenvalue weighted by molar-refractivity contribution is 0.166. The van der Waals surface area contributed by atoms with Gasteiger partial charge >= 0.3 is 0 Å². The first-order valence-corrected chi connectivity index (χ1v) is 8.65. The Morgan fingerprint density at radius 1 is 1.09 bits per heavy atom. The molecule has 4 atom stereocenters. The lowest BCUT2D eigenvalue weighted by atomic mass is 9.63.